The van der Waals surface area contributed by atoms with Crippen LogP contribution in [-0.2, 0) is 14.3 Å². The predicted molar refractivity (Wildman–Crippen MR) is 118 cm³/mol. The molecule has 5 heteroatoms. The zero-order valence-electron chi connectivity index (χ0n) is 19.1. The summed E-state index contributed by atoms with van der Waals surface area (Å²) in [5, 5.41) is 23.8. The highest BCUT2D eigenvalue weighted by Crippen LogP contribution is 2.72. The Morgan fingerprint density at radius 2 is 1.88 bits per heavy atom. The van der Waals surface area contributed by atoms with Crippen molar-refractivity contribution in [3.05, 3.63) is 59.2 Å². The number of benzene rings is 1. The van der Waals surface area contributed by atoms with Gasteiger partial charge in [0.05, 0.1) is 12.0 Å². The van der Waals surface area contributed by atoms with E-state index in [-0.39, 0.29) is 35.6 Å². The second kappa shape index (κ2) is 6.41. The molecule has 1 aromatic carbocycles. The Labute approximate surface area is 189 Å². The molecule has 2 N–H and O–H groups in total. The van der Waals surface area contributed by atoms with E-state index < -0.39 is 29.5 Å². The number of hydrogen-bond donors (Lipinski definition) is 2. The van der Waals surface area contributed by atoms with E-state index in [1.165, 1.54) is 0 Å². The number of ether oxygens (including phenoxy) is 2. The van der Waals surface area contributed by atoms with Crippen LogP contribution in [0.25, 0.3) is 0 Å². The molecule has 1 aromatic rings. The summed E-state index contributed by atoms with van der Waals surface area (Å²) in [4.78, 5) is 14.3. The molecule has 1 saturated heterocycles. The molecule has 0 aromatic heterocycles. The highest BCUT2D eigenvalue weighted by atomic mass is 16.7. The first-order valence-corrected chi connectivity index (χ1v) is 11.8. The van der Waals surface area contributed by atoms with Crippen LogP contribution in [0.2, 0.25) is 0 Å². The van der Waals surface area contributed by atoms with Gasteiger partial charge in [-0.05, 0) is 47.7 Å². The maximum Gasteiger partial charge on any atom is 0.185 e. The van der Waals surface area contributed by atoms with Crippen molar-refractivity contribution in [3.8, 4) is 0 Å². The van der Waals surface area contributed by atoms with Gasteiger partial charge in [-0.3, -0.25) is 4.79 Å². The first-order valence-electron chi connectivity index (χ1n) is 11.8. The third kappa shape index (κ3) is 2.30. The molecule has 1 heterocycles. The number of Topliss-reactive ketones (excluding diaryl/α,β-unsaturated/α-hetero) is 1. The van der Waals surface area contributed by atoms with Gasteiger partial charge in [0, 0.05) is 11.5 Å². The van der Waals surface area contributed by atoms with Gasteiger partial charge < -0.3 is 19.7 Å². The highest BCUT2D eigenvalue weighted by molar-refractivity contribution is 5.95. The monoisotopic (exact) mass is 436 g/mol. The molecule has 3 unspecified atom stereocenters. The molecule has 6 rings (SSSR count). The number of aliphatic hydroxyl groups excluding tert-OH is 1. The summed E-state index contributed by atoms with van der Waals surface area (Å²) in [5.41, 5.74) is -0.567. The molecule has 2 saturated carbocycles. The van der Waals surface area contributed by atoms with Crippen LogP contribution in [0.3, 0.4) is 0 Å². The lowest BCUT2D eigenvalue weighted by Crippen LogP contribution is -2.66. The van der Waals surface area contributed by atoms with Gasteiger partial charge in [-0.25, -0.2) is 0 Å². The molecule has 3 fully saturated rings. The molecule has 170 valence electrons. The zero-order chi connectivity index (χ0) is 22.6. The van der Waals surface area contributed by atoms with Gasteiger partial charge >= 0.3 is 0 Å². The molecular weight excluding hydrogens is 404 g/mol. The van der Waals surface area contributed by atoms with Crippen molar-refractivity contribution in [2.75, 3.05) is 6.61 Å². The van der Waals surface area contributed by atoms with Crippen LogP contribution in [0.15, 0.2) is 53.6 Å². The molecular formula is C27H32O5. The molecule has 5 aliphatic rings. The summed E-state index contributed by atoms with van der Waals surface area (Å²) in [7, 11) is 0. The number of carbonyl (C=O) groups is 1. The Balaban J connectivity index is 1.53. The maximum absolute atomic E-state index is 14.3. The fraction of sp³-hybridized carbons (Fsp3) is 0.593. The molecule has 1 spiro atoms. The normalized spacial score (nSPS) is 48.4. The fourth-order valence-electron chi connectivity index (χ4n) is 7.71. The van der Waals surface area contributed by atoms with Crippen molar-refractivity contribution in [2.24, 2.45) is 34.5 Å². The Bertz CT molecular complexity index is 1040. The summed E-state index contributed by atoms with van der Waals surface area (Å²) in [6.07, 6.45) is 2.10. The Morgan fingerprint density at radius 1 is 1.16 bits per heavy atom. The van der Waals surface area contributed by atoms with E-state index in [0.717, 1.165) is 17.6 Å². The minimum atomic E-state index is -1.76. The van der Waals surface area contributed by atoms with Gasteiger partial charge in [-0.1, -0.05) is 63.3 Å². The summed E-state index contributed by atoms with van der Waals surface area (Å²) in [6.45, 7) is 8.64. The summed E-state index contributed by atoms with van der Waals surface area (Å²) >= 11 is 0. The molecule has 2 bridgehead atoms. The number of hydrogen-bond acceptors (Lipinski definition) is 5. The van der Waals surface area contributed by atoms with Crippen molar-refractivity contribution < 1.29 is 24.5 Å². The number of aliphatic hydroxyl groups is 2. The third-order valence-electron chi connectivity index (χ3n) is 9.45. The van der Waals surface area contributed by atoms with Crippen molar-refractivity contribution >= 4 is 5.78 Å². The van der Waals surface area contributed by atoms with E-state index >= 15 is 0 Å². The van der Waals surface area contributed by atoms with E-state index in [2.05, 4.69) is 20.8 Å². The van der Waals surface area contributed by atoms with Crippen LogP contribution in [0.5, 0.6) is 0 Å². The van der Waals surface area contributed by atoms with Crippen LogP contribution in [0.4, 0.5) is 0 Å². The molecule has 32 heavy (non-hydrogen) atoms. The van der Waals surface area contributed by atoms with E-state index in [4.69, 9.17) is 9.47 Å². The average molecular weight is 437 g/mol. The lowest BCUT2D eigenvalue weighted by molar-refractivity contribution is -0.267. The summed E-state index contributed by atoms with van der Waals surface area (Å²) in [5.74, 6) is 0.285. The van der Waals surface area contributed by atoms with Crippen molar-refractivity contribution in [1.29, 1.82) is 0 Å². The van der Waals surface area contributed by atoms with Gasteiger partial charge in [0.15, 0.2) is 12.1 Å². The van der Waals surface area contributed by atoms with Crippen LogP contribution in [0.1, 0.15) is 46.0 Å². The Hall–Kier alpha value is -1.79. The Kier molecular flexibility index (Phi) is 4.17. The topological polar surface area (TPSA) is 76.0 Å². The fourth-order valence-corrected chi connectivity index (χ4v) is 7.71. The lowest BCUT2D eigenvalue weighted by atomic mass is 9.59. The first-order chi connectivity index (χ1) is 15.1. The quantitative estimate of drug-likeness (QED) is 0.658. The smallest absolute Gasteiger partial charge is 0.185 e. The number of allylic oxidation sites excluding steroid dienone is 1. The number of rotatable bonds is 1. The van der Waals surface area contributed by atoms with Gasteiger partial charge in [0.25, 0.3) is 0 Å². The van der Waals surface area contributed by atoms with Gasteiger partial charge in [0.2, 0.25) is 0 Å². The molecule has 0 amide bonds. The second-order valence-electron chi connectivity index (χ2n) is 11.3. The second-order valence-corrected chi connectivity index (χ2v) is 11.3. The van der Waals surface area contributed by atoms with Gasteiger partial charge in [-0.15, -0.1) is 0 Å². The number of fused-ring (bicyclic) bond motifs is 5. The molecule has 1 aliphatic heterocycles. The molecule has 4 aliphatic carbocycles. The van der Waals surface area contributed by atoms with E-state index in [9.17, 15) is 15.0 Å². The molecule has 9 atom stereocenters. The standard InChI is InChI=1S/C27H32O5/c1-14-12-26-15(2)10-19-20(25(19,3)4)18(22(26)29)11-17-13-31-24(16-8-6-5-7-9-16)32-23(17)27(26,30)21(14)28/h5-9,11-12,15,18-21,23-24,28,30H,10,13H2,1-4H3/t15-,18?,19-,20+,21+,23-,24?,26?,27-/m1/s1. The minimum Gasteiger partial charge on any atom is -0.386 e. The Morgan fingerprint density at radius 3 is 2.59 bits per heavy atom. The van der Waals surface area contributed by atoms with Crippen molar-refractivity contribution in [1.82, 2.24) is 0 Å². The van der Waals surface area contributed by atoms with Crippen molar-refractivity contribution in [2.45, 2.75) is 58.2 Å². The third-order valence-corrected chi connectivity index (χ3v) is 9.45. The maximum atomic E-state index is 14.3. The number of carbonyl (C=O) groups excluding carboxylic acids is 1. The van der Waals surface area contributed by atoms with E-state index in [1.807, 2.05) is 49.4 Å². The predicted octanol–water partition coefficient (Wildman–Crippen LogP) is 3.58. The van der Waals surface area contributed by atoms with Crippen molar-refractivity contribution in [3.63, 3.8) is 0 Å². The molecule has 5 nitrogen and oxygen atoms in total. The van der Waals surface area contributed by atoms with Crippen LogP contribution < -0.4 is 0 Å². The first kappa shape index (κ1) is 20.8. The highest BCUT2D eigenvalue weighted by Gasteiger charge is 2.76. The number of ketones is 1. The lowest BCUT2D eigenvalue weighted by Gasteiger charge is -2.51. The summed E-state index contributed by atoms with van der Waals surface area (Å²) in [6, 6.07) is 9.63. The summed E-state index contributed by atoms with van der Waals surface area (Å²) < 4.78 is 12.5. The van der Waals surface area contributed by atoms with Crippen LogP contribution >= 0.6 is 0 Å². The van der Waals surface area contributed by atoms with E-state index in [0.29, 0.717) is 11.5 Å². The van der Waals surface area contributed by atoms with E-state index in [1.54, 1.807) is 0 Å². The van der Waals surface area contributed by atoms with Crippen LogP contribution in [0, 0.1) is 34.5 Å². The molecule has 0 radical (unpaired) electrons. The van der Waals surface area contributed by atoms with Gasteiger partial charge in [-0.2, -0.15) is 0 Å². The SMILES string of the molecule is CC1=CC23C(=O)C(C=C4COC(c5ccccc5)O[C@H]4[C@]2(O)[C@H]1O)[C@H]1[C@@H](C[C@H]3C)C1(C)C. The largest absolute Gasteiger partial charge is 0.386 e. The van der Waals surface area contributed by atoms with Crippen LogP contribution in [-0.4, -0.2) is 40.4 Å². The zero-order valence-corrected chi connectivity index (χ0v) is 19.1. The average Bonchev–Trinajstić information content (AvgIpc) is 3.29. The van der Waals surface area contributed by atoms with Gasteiger partial charge in [0.1, 0.15) is 17.8 Å². The minimum absolute atomic E-state index is 0.0308.